The Bertz CT molecular complexity index is 451. The summed E-state index contributed by atoms with van der Waals surface area (Å²) in [4.78, 5) is 19.7. The highest BCUT2D eigenvalue weighted by Gasteiger charge is 2.27. The van der Waals surface area contributed by atoms with Crippen LogP contribution in [0.4, 0.5) is 0 Å². The van der Waals surface area contributed by atoms with Crippen molar-refractivity contribution in [2.75, 3.05) is 27.2 Å². The zero-order chi connectivity index (χ0) is 11.7. The topological polar surface area (TPSA) is 61.1 Å². The van der Waals surface area contributed by atoms with E-state index in [9.17, 15) is 4.79 Å². The van der Waals surface area contributed by atoms with Crippen molar-refractivity contribution in [3.63, 3.8) is 0 Å². The molecule has 0 bridgehead atoms. The van der Waals surface area contributed by atoms with E-state index < -0.39 is 0 Å². The maximum absolute atomic E-state index is 11.6. The predicted molar refractivity (Wildman–Crippen MR) is 62.2 cm³/mol. The molecule has 0 radical (unpaired) electrons. The molecule has 2 heterocycles. The minimum absolute atomic E-state index is 0.326. The molecule has 1 atom stereocenters. The molecule has 1 aliphatic heterocycles. The Hall–Kier alpha value is -1.14. The Morgan fingerprint density at radius 1 is 1.56 bits per heavy atom. The molecule has 1 fully saturated rings. The van der Waals surface area contributed by atoms with Gasteiger partial charge in [-0.05, 0) is 32.2 Å². The summed E-state index contributed by atoms with van der Waals surface area (Å²) in [7, 11) is 3.44. The number of aromatic nitrogens is 2. The van der Waals surface area contributed by atoms with Crippen LogP contribution in [0.2, 0.25) is 0 Å². The standard InChI is InChI=1S/C10H15N3O2S/c1-13-4-3-6(5-13)7-8(9(14)15-2)12-10(16)11-7/h6H,3-5H2,1-2H3,(H2,11,12,16). The van der Waals surface area contributed by atoms with Crippen LogP contribution >= 0.6 is 12.2 Å². The van der Waals surface area contributed by atoms with Crippen LogP contribution in [0.1, 0.15) is 28.5 Å². The van der Waals surface area contributed by atoms with E-state index in [0.29, 0.717) is 16.4 Å². The fraction of sp³-hybridized carbons (Fsp3) is 0.600. The third kappa shape index (κ3) is 2.03. The van der Waals surface area contributed by atoms with Gasteiger partial charge in [0.15, 0.2) is 4.77 Å². The Morgan fingerprint density at radius 2 is 2.31 bits per heavy atom. The first kappa shape index (κ1) is 11.3. The molecule has 0 aliphatic carbocycles. The average Bonchev–Trinajstić information content (AvgIpc) is 2.83. The van der Waals surface area contributed by atoms with Gasteiger partial charge in [0.25, 0.3) is 0 Å². The van der Waals surface area contributed by atoms with E-state index in [4.69, 9.17) is 17.0 Å². The lowest BCUT2D eigenvalue weighted by Gasteiger charge is -2.09. The average molecular weight is 241 g/mol. The number of nitrogens with one attached hydrogen (secondary N) is 2. The highest BCUT2D eigenvalue weighted by Crippen LogP contribution is 2.27. The summed E-state index contributed by atoms with van der Waals surface area (Å²) >= 11 is 5.02. The van der Waals surface area contributed by atoms with Crippen molar-refractivity contribution in [3.8, 4) is 0 Å². The van der Waals surface area contributed by atoms with Crippen LogP contribution in [0.25, 0.3) is 0 Å². The summed E-state index contributed by atoms with van der Waals surface area (Å²) in [5.41, 5.74) is 1.34. The number of H-pyrrole nitrogens is 2. The van der Waals surface area contributed by atoms with Crippen LogP contribution in [0.5, 0.6) is 0 Å². The Labute approximate surface area is 98.8 Å². The highest BCUT2D eigenvalue weighted by atomic mass is 32.1. The first-order valence-corrected chi connectivity index (χ1v) is 5.61. The van der Waals surface area contributed by atoms with Gasteiger partial charge < -0.3 is 19.6 Å². The molecule has 1 aromatic rings. The summed E-state index contributed by atoms with van der Waals surface area (Å²) in [6.07, 6.45) is 1.03. The number of carbonyl (C=O) groups is 1. The molecular weight excluding hydrogens is 226 g/mol. The molecule has 6 heteroatoms. The molecule has 1 aromatic heterocycles. The maximum atomic E-state index is 11.6. The van der Waals surface area contributed by atoms with Gasteiger partial charge in [-0.1, -0.05) is 0 Å². The van der Waals surface area contributed by atoms with Crippen LogP contribution in [0, 0.1) is 4.77 Å². The Balaban J connectivity index is 2.33. The summed E-state index contributed by atoms with van der Waals surface area (Å²) in [5.74, 6) is -0.0380. The summed E-state index contributed by atoms with van der Waals surface area (Å²) in [6.45, 7) is 1.98. The number of hydrogen-bond acceptors (Lipinski definition) is 4. The second-order valence-corrected chi connectivity index (χ2v) is 4.52. The van der Waals surface area contributed by atoms with Gasteiger partial charge in [0, 0.05) is 12.5 Å². The third-order valence-electron chi connectivity index (χ3n) is 2.95. The van der Waals surface area contributed by atoms with Crippen LogP contribution in [0.15, 0.2) is 0 Å². The predicted octanol–water partition coefficient (Wildman–Crippen LogP) is 1.28. The number of carbonyl (C=O) groups excluding carboxylic acids is 1. The number of likely N-dealkylation sites (tertiary alicyclic amines) is 1. The molecule has 0 aromatic carbocycles. The van der Waals surface area contributed by atoms with E-state index in [1.54, 1.807) is 0 Å². The number of rotatable bonds is 2. The number of aromatic amines is 2. The minimum Gasteiger partial charge on any atom is -0.464 e. The molecule has 1 unspecified atom stereocenters. The number of likely N-dealkylation sites (N-methyl/N-ethyl adjacent to an activating group) is 1. The number of esters is 1. The Morgan fingerprint density at radius 3 is 2.88 bits per heavy atom. The van der Waals surface area contributed by atoms with Crippen LogP contribution in [0.3, 0.4) is 0 Å². The Kier molecular flexibility index (Phi) is 3.11. The van der Waals surface area contributed by atoms with Crippen molar-refractivity contribution in [1.82, 2.24) is 14.9 Å². The number of nitrogens with zero attached hydrogens (tertiary/aromatic N) is 1. The van der Waals surface area contributed by atoms with Gasteiger partial charge in [-0.3, -0.25) is 0 Å². The first-order chi connectivity index (χ1) is 7.61. The van der Waals surface area contributed by atoms with Crippen molar-refractivity contribution in [1.29, 1.82) is 0 Å². The summed E-state index contributed by atoms with van der Waals surface area (Å²) < 4.78 is 5.20. The van der Waals surface area contributed by atoms with Crippen molar-refractivity contribution in [3.05, 3.63) is 16.2 Å². The van der Waals surface area contributed by atoms with Gasteiger partial charge in [-0.2, -0.15) is 0 Å². The fourth-order valence-corrected chi connectivity index (χ4v) is 2.35. The maximum Gasteiger partial charge on any atom is 0.356 e. The van der Waals surface area contributed by atoms with Crippen LogP contribution in [-0.4, -0.2) is 48.1 Å². The monoisotopic (exact) mass is 241 g/mol. The molecule has 88 valence electrons. The second kappa shape index (κ2) is 4.39. The zero-order valence-electron chi connectivity index (χ0n) is 9.37. The molecule has 1 aliphatic rings. The molecule has 1 saturated heterocycles. The summed E-state index contributed by atoms with van der Waals surface area (Å²) in [5, 5.41) is 0. The van der Waals surface area contributed by atoms with Crippen LogP contribution < -0.4 is 0 Å². The lowest BCUT2D eigenvalue weighted by atomic mass is 10.0. The van der Waals surface area contributed by atoms with Crippen molar-refractivity contribution in [2.24, 2.45) is 0 Å². The number of ether oxygens (including phenoxy) is 1. The van der Waals surface area contributed by atoms with E-state index >= 15 is 0 Å². The van der Waals surface area contributed by atoms with Gasteiger partial charge in [-0.25, -0.2) is 4.79 Å². The lowest BCUT2D eigenvalue weighted by Crippen LogP contribution is -2.15. The molecule has 0 spiro atoms. The second-order valence-electron chi connectivity index (χ2n) is 4.11. The molecule has 0 saturated carbocycles. The van der Waals surface area contributed by atoms with E-state index in [0.717, 1.165) is 25.2 Å². The quantitative estimate of drug-likeness (QED) is 0.605. The molecule has 0 amide bonds. The SMILES string of the molecule is COC(=O)c1[nH]c(=S)[nH]c1C1CCN(C)C1. The smallest absolute Gasteiger partial charge is 0.356 e. The molecule has 2 rings (SSSR count). The van der Waals surface area contributed by atoms with Gasteiger partial charge in [0.2, 0.25) is 0 Å². The van der Waals surface area contributed by atoms with E-state index in [-0.39, 0.29) is 5.97 Å². The van der Waals surface area contributed by atoms with Gasteiger partial charge in [-0.15, -0.1) is 0 Å². The number of imidazole rings is 1. The minimum atomic E-state index is -0.364. The first-order valence-electron chi connectivity index (χ1n) is 5.21. The number of methoxy groups -OCH3 is 1. The van der Waals surface area contributed by atoms with Crippen LogP contribution in [-0.2, 0) is 4.74 Å². The van der Waals surface area contributed by atoms with E-state index in [1.807, 2.05) is 0 Å². The van der Waals surface area contributed by atoms with E-state index in [2.05, 4.69) is 21.9 Å². The zero-order valence-corrected chi connectivity index (χ0v) is 10.2. The normalized spacial score (nSPS) is 21.2. The number of hydrogen-bond donors (Lipinski definition) is 2. The molecular formula is C10H15N3O2S. The highest BCUT2D eigenvalue weighted by molar-refractivity contribution is 7.71. The third-order valence-corrected chi connectivity index (χ3v) is 3.15. The lowest BCUT2D eigenvalue weighted by molar-refractivity contribution is 0.0592. The molecule has 16 heavy (non-hydrogen) atoms. The molecule has 2 N–H and O–H groups in total. The largest absolute Gasteiger partial charge is 0.464 e. The van der Waals surface area contributed by atoms with Gasteiger partial charge in [0.05, 0.1) is 12.8 Å². The van der Waals surface area contributed by atoms with Crippen molar-refractivity contribution in [2.45, 2.75) is 12.3 Å². The van der Waals surface area contributed by atoms with Crippen molar-refractivity contribution < 1.29 is 9.53 Å². The fourth-order valence-electron chi connectivity index (χ4n) is 2.14. The van der Waals surface area contributed by atoms with E-state index in [1.165, 1.54) is 7.11 Å². The summed E-state index contributed by atoms with van der Waals surface area (Å²) in [6, 6.07) is 0. The van der Waals surface area contributed by atoms with Gasteiger partial charge in [0.1, 0.15) is 5.69 Å². The molecule has 5 nitrogen and oxygen atoms in total. The van der Waals surface area contributed by atoms with Crippen molar-refractivity contribution >= 4 is 18.2 Å². The van der Waals surface area contributed by atoms with Gasteiger partial charge >= 0.3 is 5.97 Å².